The van der Waals surface area contributed by atoms with Crippen molar-refractivity contribution in [2.45, 2.75) is 45.8 Å². The van der Waals surface area contributed by atoms with E-state index in [-0.39, 0.29) is 5.91 Å². The molecule has 2 rings (SSSR count). The summed E-state index contributed by atoms with van der Waals surface area (Å²) in [5.41, 5.74) is 7.17. The van der Waals surface area contributed by atoms with Gasteiger partial charge in [0.2, 0.25) is 17.7 Å². The zero-order valence-electron chi connectivity index (χ0n) is 16.0. The molecular formula is C20H26N4O3. The molecule has 0 bridgehead atoms. The van der Waals surface area contributed by atoms with Gasteiger partial charge in [0, 0.05) is 5.69 Å². The molecule has 2 aromatic carbocycles. The molecule has 0 aliphatic rings. The Kier molecular flexibility index (Phi) is 6.52. The molecule has 0 fully saturated rings. The Hall–Kier alpha value is -2.93. The van der Waals surface area contributed by atoms with E-state index in [0.717, 1.165) is 16.3 Å². The van der Waals surface area contributed by atoms with Gasteiger partial charge in [-0.05, 0) is 56.2 Å². The summed E-state index contributed by atoms with van der Waals surface area (Å²) in [6.45, 7) is 6.63. The van der Waals surface area contributed by atoms with Crippen LogP contribution < -0.4 is 21.7 Å². The minimum absolute atomic E-state index is 0.344. The number of nitrogens with two attached hydrogens (primary N) is 1. The maximum Gasteiger partial charge on any atom is 0.246 e. The number of rotatable bonds is 6. The van der Waals surface area contributed by atoms with Crippen LogP contribution in [0.2, 0.25) is 0 Å². The lowest BCUT2D eigenvalue weighted by molar-refractivity contribution is -0.130. The third-order valence-corrected chi connectivity index (χ3v) is 4.25. The quantitative estimate of drug-likeness (QED) is 0.616. The van der Waals surface area contributed by atoms with Crippen LogP contribution in [0, 0.1) is 6.92 Å². The predicted molar refractivity (Wildman–Crippen MR) is 106 cm³/mol. The number of benzene rings is 2. The first-order chi connectivity index (χ1) is 12.7. The first kappa shape index (κ1) is 20.4. The topological polar surface area (TPSA) is 113 Å². The monoisotopic (exact) mass is 370 g/mol. The number of nitrogens with one attached hydrogen (secondary N) is 3. The van der Waals surface area contributed by atoms with Crippen molar-refractivity contribution in [3.63, 3.8) is 0 Å². The zero-order valence-corrected chi connectivity index (χ0v) is 16.0. The van der Waals surface area contributed by atoms with Crippen LogP contribution in [0.5, 0.6) is 0 Å². The maximum absolute atomic E-state index is 12.4. The van der Waals surface area contributed by atoms with Gasteiger partial charge in [0.25, 0.3) is 0 Å². The van der Waals surface area contributed by atoms with Crippen LogP contribution >= 0.6 is 0 Å². The van der Waals surface area contributed by atoms with Gasteiger partial charge in [0.05, 0.1) is 6.04 Å². The van der Waals surface area contributed by atoms with Gasteiger partial charge in [0.1, 0.15) is 12.1 Å². The minimum atomic E-state index is -0.790. The summed E-state index contributed by atoms with van der Waals surface area (Å²) in [6.07, 6.45) is 0. The molecule has 7 heteroatoms. The molecule has 0 radical (unpaired) electrons. The van der Waals surface area contributed by atoms with E-state index < -0.39 is 29.9 Å². The number of carbonyl (C=O) groups is 3. The molecule has 3 atom stereocenters. The SMILES string of the molecule is Cc1cc(NC(=O)[C@H](C)NC(=O)[C@H](C)NC(=O)[C@H](C)N)cc2ccccc12. The van der Waals surface area contributed by atoms with Crippen molar-refractivity contribution < 1.29 is 14.4 Å². The summed E-state index contributed by atoms with van der Waals surface area (Å²) < 4.78 is 0. The Morgan fingerprint density at radius 2 is 1.48 bits per heavy atom. The van der Waals surface area contributed by atoms with Crippen LogP contribution in [0.25, 0.3) is 10.8 Å². The van der Waals surface area contributed by atoms with Gasteiger partial charge < -0.3 is 21.7 Å². The fourth-order valence-corrected chi connectivity index (χ4v) is 2.64. The van der Waals surface area contributed by atoms with E-state index in [1.165, 1.54) is 13.8 Å². The normalized spacial score (nSPS) is 14.1. The highest BCUT2D eigenvalue weighted by Crippen LogP contribution is 2.23. The van der Waals surface area contributed by atoms with Gasteiger partial charge in [-0.2, -0.15) is 0 Å². The van der Waals surface area contributed by atoms with Gasteiger partial charge in [0.15, 0.2) is 0 Å². The van der Waals surface area contributed by atoms with E-state index in [0.29, 0.717) is 5.69 Å². The largest absolute Gasteiger partial charge is 0.343 e. The fraction of sp³-hybridized carbons (Fsp3) is 0.350. The first-order valence-electron chi connectivity index (χ1n) is 8.85. The highest BCUT2D eigenvalue weighted by molar-refractivity contribution is 6.00. The van der Waals surface area contributed by atoms with E-state index in [1.807, 2.05) is 43.3 Å². The number of hydrogen-bond acceptors (Lipinski definition) is 4. The Balaban J connectivity index is 1.99. The van der Waals surface area contributed by atoms with Crippen LogP contribution in [0.3, 0.4) is 0 Å². The molecule has 2 aromatic rings. The molecule has 144 valence electrons. The molecule has 0 saturated carbocycles. The Labute approximate surface area is 158 Å². The van der Waals surface area contributed by atoms with E-state index in [1.54, 1.807) is 6.92 Å². The summed E-state index contributed by atoms with van der Waals surface area (Å²) in [7, 11) is 0. The Bertz CT molecular complexity index is 863. The van der Waals surface area contributed by atoms with E-state index in [4.69, 9.17) is 5.73 Å². The van der Waals surface area contributed by atoms with Crippen LogP contribution in [0.15, 0.2) is 36.4 Å². The molecule has 0 spiro atoms. The highest BCUT2D eigenvalue weighted by atomic mass is 16.2. The van der Waals surface area contributed by atoms with Gasteiger partial charge in [-0.3, -0.25) is 14.4 Å². The third kappa shape index (κ3) is 5.27. The van der Waals surface area contributed by atoms with Crippen molar-refractivity contribution in [3.8, 4) is 0 Å². The predicted octanol–water partition coefficient (Wildman–Crippen LogP) is 1.44. The van der Waals surface area contributed by atoms with Crippen LogP contribution in [-0.4, -0.2) is 35.8 Å². The van der Waals surface area contributed by atoms with Crippen molar-refractivity contribution >= 4 is 34.2 Å². The molecular weight excluding hydrogens is 344 g/mol. The second-order valence-corrected chi connectivity index (χ2v) is 6.75. The number of fused-ring (bicyclic) bond motifs is 1. The van der Waals surface area contributed by atoms with E-state index >= 15 is 0 Å². The molecule has 7 nitrogen and oxygen atoms in total. The first-order valence-corrected chi connectivity index (χ1v) is 8.85. The van der Waals surface area contributed by atoms with E-state index in [2.05, 4.69) is 16.0 Å². The average molecular weight is 370 g/mol. The molecule has 5 N–H and O–H groups in total. The Morgan fingerprint density at radius 3 is 2.15 bits per heavy atom. The number of anilines is 1. The second-order valence-electron chi connectivity index (χ2n) is 6.75. The molecule has 0 aliphatic heterocycles. The summed E-state index contributed by atoms with van der Waals surface area (Å²) in [5, 5.41) is 10.0. The third-order valence-electron chi connectivity index (χ3n) is 4.25. The molecule has 0 saturated heterocycles. The molecule has 0 aromatic heterocycles. The van der Waals surface area contributed by atoms with Crippen molar-refractivity contribution in [3.05, 3.63) is 42.0 Å². The van der Waals surface area contributed by atoms with Crippen LogP contribution in [0.1, 0.15) is 26.3 Å². The fourth-order valence-electron chi connectivity index (χ4n) is 2.64. The lowest BCUT2D eigenvalue weighted by Gasteiger charge is -2.19. The summed E-state index contributed by atoms with van der Waals surface area (Å²) in [4.78, 5) is 36.1. The number of aryl methyl sites for hydroxylation is 1. The van der Waals surface area contributed by atoms with E-state index in [9.17, 15) is 14.4 Å². The molecule has 27 heavy (non-hydrogen) atoms. The van der Waals surface area contributed by atoms with Gasteiger partial charge >= 0.3 is 0 Å². The zero-order chi connectivity index (χ0) is 20.1. The van der Waals surface area contributed by atoms with Gasteiger partial charge in [-0.25, -0.2) is 0 Å². The Morgan fingerprint density at radius 1 is 0.889 bits per heavy atom. The standard InChI is InChI=1S/C20H26N4O3/c1-11-9-16(10-15-7-5-6-8-17(11)15)24-20(27)14(4)23-19(26)13(3)22-18(25)12(2)21/h5-10,12-14H,21H2,1-4H3,(H,22,25)(H,23,26)(H,24,27)/t12-,13-,14-/m0/s1. The highest BCUT2D eigenvalue weighted by Gasteiger charge is 2.22. The molecule has 0 heterocycles. The summed E-state index contributed by atoms with van der Waals surface area (Å²) >= 11 is 0. The van der Waals surface area contributed by atoms with Crippen molar-refractivity contribution in [2.75, 3.05) is 5.32 Å². The number of amides is 3. The average Bonchev–Trinajstić information content (AvgIpc) is 2.61. The second kappa shape index (κ2) is 8.64. The molecule has 0 aliphatic carbocycles. The summed E-state index contributed by atoms with van der Waals surface area (Å²) in [6, 6.07) is 9.42. The van der Waals surface area contributed by atoms with Crippen molar-refractivity contribution in [1.82, 2.24) is 10.6 Å². The maximum atomic E-state index is 12.4. The van der Waals surface area contributed by atoms with Crippen molar-refractivity contribution in [2.24, 2.45) is 5.73 Å². The smallest absolute Gasteiger partial charge is 0.246 e. The minimum Gasteiger partial charge on any atom is -0.343 e. The number of carbonyl (C=O) groups excluding carboxylic acids is 3. The van der Waals surface area contributed by atoms with Crippen LogP contribution in [-0.2, 0) is 14.4 Å². The van der Waals surface area contributed by atoms with Crippen LogP contribution in [0.4, 0.5) is 5.69 Å². The van der Waals surface area contributed by atoms with Crippen molar-refractivity contribution in [1.29, 1.82) is 0 Å². The number of hydrogen-bond donors (Lipinski definition) is 4. The lowest BCUT2D eigenvalue weighted by atomic mass is 10.0. The van der Waals surface area contributed by atoms with Gasteiger partial charge in [-0.1, -0.05) is 24.3 Å². The summed E-state index contributed by atoms with van der Waals surface area (Å²) in [5.74, 6) is -1.23. The lowest BCUT2D eigenvalue weighted by Crippen LogP contribution is -2.52. The van der Waals surface area contributed by atoms with Gasteiger partial charge in [-0.15, -0.1) is 0 Å². The molecule has 0 unspecified atom stereocenters. The molecule has 3 amide bonds.